The Labute approximate surface area is 135 Å². The average molecular weight is 327 g/mol. The van der Waals surface area contributed by atoms with E-state index in [1.165, 1.54) is 0 Å². The smallest absolute Gasteiger partial charge is 0.268 e. The molecule has 0 fully saturated rings. The summed E-state index contributed by atoms with van der Waals surface area (Å²) in [5.41, 5.74) is 1.69. The number of nitrogens with zero attached hydrogens (tertiary/aromatic N) is 1. The number of carbonyl (C=O) groups excluding carboxylic acids is 1. The third-order valence-electron chi connectivity index (χ3n) is 3.90. The summed E-state index contributed by atoms with van der Waals surface area (Å²) < 4.78 is 27.1. The summed E-state index contributed by atoms with van der Waals surface area (Å²) in [6.07, 6.45) is 0.569. The number of fused-ring (bicyclic) bond motifs is 1. The van der Waals surface area contributed by atoms with Gasteiger partial charge in [-0.05, 0) is 35.7 Å². The van der Waals surface area contributed by atoms with Crippen LogP contribution in [0.15, 0.2) is 59.5 Å². The first-order chi connectivity index (χ1) is 10.9. The Kier molecular flexibility index (Phi) is 3.82. The van der Waals surface area contributed by atoms with E-state index in [1.807, 2.05) is 32.0 Å². The average Bonchev–Trinajstić information content (AvgIpc) is 2.94. The van der Waals surface area contributed by atoms with E-state index in [9.17, 15) is 13.2 Å². The van der Waals surface area contributed by atoms with Gasteiger partial charge in [0.1, 0.15) is 0 Å². The highest BCUT2D eigenvalue weighted by molar-refractivity contribution is 7.90. The van der Waals surface area contributed by atoms with Gasteiger partial charge in [0, 0.05) is 5.39 Å². The maximum atomic E-state index is 13.0. The molecular weight excluding hydrogens is 310 g/mol. The van der Waals surface area contributed by atoms with Gasteiger partial charge in [-0.3, -0.25) is 4.79 Å². The second-order valence-corrected chi connectivity index (χ2v) is 7.53. The molecule has 3 aromatic rings. The molecule has 0 aliphatic rings. The number of rotatable bonds is 4. The van der Waals surface area contributed by atoms with Crippen LogP contribution >= 0.6 is 0 Å². The molecule has 0 saturated carbocycles. The molecule has 5 heteroatoms. The van der Waals surface area contributed by atoms with Crippen molar-refractivity contribution in [1.29, 1.82) is 0 Å². The van der Waals surface area contributed by atoms with E-state index in [0.29, 0.717) is 17.7 Å². The van der Waals surface area contributed by atoms with E-state index in [-0.39, 0.29) is 10.6 Å². The molecule has 4 nitrogen and oxygen atoms in total. The first-order valence-electron chi connectivity index (χ1n) is 7.36. The highest BCUT2D eigenvalue weighted by atomic mass is 32.2. The fraction of sp³-hybridized carbons (Fsp3) is 0.167. The van der Waals surface area contributed by atoms with Crippen molar-refractivity contribution in [2.75, 3.05) is 0 Å². The zero-order valence-electron chi connectivity index (χ0n) is 12.9. The van der Waals surface area contributed by atoms with Gasteiger partial charge in [-0.2, -0.15) is 0 Å². The number of carbonyl (C=O) groups is 1. The standard InChI is InChI=1S/C18H17NO3S/c1-13(2)14-7-9-17(10-8-14)23(21,22)19-16(12-20)11-15-5-3-4-6-18(15)19/h3-13H,1-2H3. The maximum absolute atomic E-state index is 13.0. The van der Waals surface area contributed by atoms with Crippen LogP contribution in [-0.4, -0.2) is 18.7 Å². The van der Waals surface area contributed by atoms with Crippen molar-refractivity contribution < 1.29 is 13.2 Å². The van der Waals surface area contributed by atoms with Gasteiger partial charge in [0.2, 0.25) is 0 Å². The van der Waals surface area contributed by atoms with Crippen LogP contribution in [-0.2, 0) is 10.0 Å². The predicted octanol–water partition coefficient (Wildman–Crippen LogP) is 3.81. The lowest BCUT2D eigenvalue weighted by Gasteiger charge is -2.11. The first kappa shape index (κ1) is 15.5. The minimum absolute atomic E-state index is 0.124. The lowest BCUT2D eigenvalue weighted by Crippen LogP contribution is -2.15. The number of benzene rings is 2. The highest BCUT2D eigenvalue weighted by Gasteiger charge is 2.22. The number of aldehydes is 1. The summed E-state index contributed by atoms with van der Waals surface area (Å²) in [6, 6.07) is 15.4. The van der Waals surface area contributed by atoms with Crippen LogP contribution in [0.4, 0.5) is 0 Å². The van der Waals surface area contributed by atoms with Crippen LogP contribution in [0.2, 0.25) is 0 Å². The van der Waals surface area contributed by atoms with Gasteiger partial charge in [0.25, 0.3) is 10.0 Å². The molecule has 0 N–H and O–H groups in total. The van der Waals surface area contributed by atoms with Crippen molar-refractivity contribution in [2.45, 2.75) is 24.7 Å². The molecule has 1 heterocycles. The largest absolute Gasteiger partial charge is 0.296 e. The Hall–Kier alpha value is -2.40. The molecule has 0 aliphatic carbocycles. The third kappa shape index (κ3) is 2.57. The maximum Gasteiger partial charge on any atom is 0.268 e. The Bertz CT molecular complexity index is 967. The van der Waals surface area contributed by atoms with E-state index in [0.717, 1.165) is 14.9 Å². The summed E-state index contributed by atoms with van der Waals surface area (Å²) in [6.45, 7) is 4.10. The molecule has 3 rings (SSSR count). The SMILES string of the molecule is CC(C)c1ccc(S(=O)(=O)n2c(C=O)cc3ccccc32)cc1. The minimum atomic E-state index is -3.82. The van der Waals surface area contributed by atoms with Crippen LogP contribution in [0.25, 0.3) is 10.9 Å². The Morgan fingerprint density at radius 3 is 2.26 bits per heavy atom. The van der Waals surface area contributed by atoms with Gasteiger partial charge in [-0.1, -0.05) is 44.2 Å². The van der Waals surface area contributed by atoms with Crippen molar-refractivity contribution >= 4 is 27.2 Å². The number of aromatic nitrogens is 1. The van der Waals surface area contributed by atoms with Crippen molar-refractivity contribution in [3.05, 3.63) is 65.9 Å². The van der Waals surface area contributed by atoms with Gasteiger partial charge < -0.3 is 0 Å². The van der Waals surface area contributed by atoms with Gasteiger partial charge in [-0.15, -0.1) is 0 Å². The Morgan fingerprint density at radius 2 is 1.65 bits per heavy atom. The second kappa shape index (κ2) is 5.66. The van der Waals surface area contributed by atoms with Crippen LogP contribution in [0.3, 0.4) is 0 Å². The first-order valence-corrected chi connectivity index (χ1v) is 8.80. The third-order valence-corrected chi connectivity index (χ3v) is 5.66. The van der Waals surface area contributed by atoms with Gasteiger partial charge >= 0.3 is 0 Å². The molecule has 0 aliphatic heterocycles. The van der Waals surface area contributed by atoms with Crippen molar-refractivity contribution in [3.63, 3.8) is 0 Å². The second-order valence-electron chi connectivity index (χ2n) is 5.74. The Balaban J connectivity index is 2.22. The highest BCUT2D eigenvalue weighted by Crippen LogP contribution is 2.26. The number of hydrogen-bond donors (Lipinski definition) is 0. The molecule has 0 bridgehead atoms. The quantitative estimate of drug-likeness (QED) is 0.685. The van der Waals surface area contributed by atoms with Gasteiger partial charge in [0.15, 0.2) is 6.29 Å². The van der Waals surface area contributed by atoms with Gasteiger partial charge in [0.05, 0.1) is 16.1 Å². The predicted molar refractivity (Wildman–Crippen MR) is 90.4 cm³/mol. The van der Waals surface area contributed by atoms with Crippen molar-refractivity contribution in [1.82, 2.24) is 3.97 Å². The molecule has 118 valence electrons. The summed E-state index contributed by atoms with van der Waals surface area (Å²) in [5.74, 6) is 0.324. The van der Waals surface area contributed by atoms with Crippen LogP contribution < -0.4 is 0 Å². The fourth-order valence-electron chi connectivity index (χ4n) is 2.63. The monoisotopic (exact) mass is 327 g/mol. The molecule has 1 aromatic heterocycles. The lowest BCUT2D eigenvalue weighted by molar-refractivity contribution is 0.111. The number of para-hydroxylation sites is 1. The van der Waals surface area contributed by atoms with Crippen LogP contribution in [0.1, 0.15) is 35.8 Å². The van der Waals surface area contributed by atoms with Crippen molar-refractivity contribution in [3.8, 4) is 0 Å². The molecule has 0 atom stereocenters. The lowest BCUT2D eigenvalue weighted by atomic mass is 10.0. The van der Waals surface area contributed by atoms with Crippen LogP contribution in [0.5, 0.6) is 0 Å². The van der Waals surface area contributed by atoms with Gasteiger partial charge in [-0.25, -0.2) is 12.4 Å². The molecule has 23 heavy (non-hydrogen) atoms. The summed E-state index contributed by atoms with van der Waals surface area (Å²) in [4.78, 5) is 11.5. The molecule has 2 aromatic carbocycles. The molecule has 0 radical (unpaired) electrons. The molecule has 0 saturated heterocycles. The molecule has 0 unspecified atom stereocenters. The summed E-state index contributed by atoms with van der Waals surface area (Å²) >= 11 is 0. The molecule has 0 spiro atoms. The van der Waals surface area contributed by atoms with E-state index >= 15 is 0 Å². The number of hydrogen-bond acceptors (Lipinski definition) is 3. The molecule has 0 amide bonds. The fourth-order valence-corrected chi connectivity index (χ4v) is 4.12. The minimum Gasteiger partial charge on any atom is -0.296 e. The van der Waals surface area contributed by atoms with E-state index in [4.69, 9.17) is 0 Å². The zero-order valence-corrected chi connectivity index (χ0v) is 13.7. The van der Waals surface area contributed by atoms with E-state index in [2.05, 4.69) is 0 Å². The normalized spacial score (nSPS) is 12.0. The molecular formula is C18H17NO3S. The summed E-state index contributed by atoms with van der Waals surface area (Å²) in [5, 5.41) is 0.719. The van der Waals surface area contributed by atoms with E-state index in [1.54, 1.807) is 36.4 Å². The summed E-state index contributed by atoms with van der Waals surface area (Å²) in [7, 11) is -3.82. The zero-order chi connectivity index (χ0) is 16.6. The topological polar surface area (TPSA) is 56.1 Å². The Morgan fingerprint density at radius 1 is 1.00 bits per heavy atom. The van der Waals surface area contributed by atoms with Crippen LogP contribution in [0, 0.1) is 0 Å². The van der Waals surface area contributed by atoms with Crippen molar-refractivity contribution in [2.24, 2.45) is 0 Å². The van der Waals surface area contributed by atoms with E-state index < -0.39 is 10.0 Å².